The van der Waals surface area contributed by atoms with Gasteiger partial charge in [-0.3, -0.25) is 62.7 Å². The summed E-state index contributed by atoms with van der Waals surface area (Å²) in [5.74, 6) is -8.53. The van der Waals surface area contributed by atoms with Crippen LogP contribution in [0.15, 0.2) is 85.8 Å². The average molecular weight is 1260 g/mol. The number of phenols is 1. The topological polar surface area (TPSA) is 432 Å². The number of aliphatic hydroxyl groups is 1. The second-order valence-electron chi connectivity index (χ2n) is 23.6. The molecule has 2 saturated heterocycles. The molecule has 5 heterocycles. The van der Waals surface area contributed by atoms with Crippen molar-refractivity contribution in [3.8, 4) is 5.75 Å². The Kier molecular flexibility index (Phi) is 27.3. The summed E-state index contributed by atoms with van der Waals surface area (Å²) < 4.78 is 0. The number of unbranched alkanes of at least 4 members (excludes halogenated alkanes) is 1. The van der Waals surface area contributed by atoms with Gasteiger partial charge in [0.2, 0.25) is 65.0 Å². The molecule has 91 heavy (non-hydrogen) atoms. The summed E-state index contributed by atoms with van der Waals surface area (Å²) >= 11 is 0. The highest BCUT2D eigenvalue weighted by molar-refractivity contribution is 5.99. The lowest BCUT2D eigenvalue weighted by atomic mass is 9.99. The molecular formula is C62H86N16O13. The number of aliphatic hydroxyl groups excluding tert-OH is 1. The summed E-state index contributed by atoms with van der Waals surface area (Å²) in [5, 5.41) is 48.2. The number of amides is 11. The van der Waals surface area contributed by atoms with E-state index in [1.165, 1.54) is 73.4 Å². The Balaban J connectivity index is 1.23. The zero-order valence-electron chi connectivity index (χ0n) is 51.9. The largest absolute Gasteiger partial charge is 0.508 e. The molecule has 11 amide bonds. The fourth-order valence-corrected chi connectivity index (χ4v) is 10.4. The number of carbonyl (C=O) groups excluding carboxylic acids is 11. The highest BCUT2D eigenvalue weighted by atomic mass is 16.3. The van der Waals surface area contributed by atoms with Crippen LogP contribution in [0.5, 0.6) is 5.75 Å². The van der Waals surface area contributed by atoms with E-state index in [4.69, 9.17) is 5.73 Å². The maximum absolute atomic E-state index is 14.9. The monoisotopic (exact) mass is 1260 g/mol. The summed E-state index contributed by atoms with van der Waals surface area (Å²) in [6, 6.07) is -0.516. The van der Waals surface area contributed by atoms with Gasteiger partial charge in [-0.25, -0.2) is 4.98 Å². The number of phenolic OH excluding ortho intramolecular Hbond substituents is 1. The van der Waals surface area contributed by atoms with Gasteiger partial charge in [-0.05, 0) is 105 Å². The molecule has 2 aliphatic rings. The van der Waals surface area contributed by atoms with Crippen LogP contribution in [0.4, 0.5) is 0 Å². The quantitative estimate of drug-likeness (QED) is 0.0222. The highest BCUT2D eigenvalue weighted by Crippen LogP contribution is 2.21. The second kappa shape index (κ2) is 35.1. The number of H-pyrrole nitrogens is 1. The first-order valence-corrected chi connectivity index (χ1v) is 30.7. The summed E-state index contributed by atoms with van der Waals surface area (Å²) in [6.07, 6.45) is 10.4. The van der Waals surface area contributed by atoms with Crippen molar-refractivity contribution in [2.45, 2.75) is 178 Å². The Morgan fingerprint density at radius 2 is 1.15 bits per heavy atom. The molecule has 1 aromatic carbocycles. The number of nitrogens with two attached hydrogens (primary N) is 1. The molecule has 0 unspecified atom stereocenters. The molecule has 4 aromatic rings. The van der Waals surface area contributed by atoms with E-state index in [-0.39, 0.29) is 81.5 Å². The molecule has 29 nitrogen and oxygen atoms in total. The molecule has 3 aromatic heterocycles. The number of aromatic amines is 1. The smallest absolute Gasteiger partial charge is 0.245 e. The lowest BCUT2D eigenvalue weighted by molar-refractivity contribution is -0.142. The number of nitrogens with zero attached hydrogens (tertiary/aromatic N) is 4. The number of likely N-dealkylation sites (tertiary alicyclic amines) is 1. The fourth-order valence-electron chi connectivity index (χ4n) is 10.4. The van der Waals surface area contributed by atoms with Crippen LogP contribution >= 0.6 is 0 Å². The lowest BCUT2D eigenvalue weighted by Gasteiger charge is -2.31. The van der Waals surface area contributed by atoms with Crippen molar-refractivity contribution in [3.63, 3.8) is 0 Å². The Bertz CT molecular complexity index is 3100. The maximum Gasteiger partial charge on any atom is 0.245 e. The zero-order chi connectivity index (χ0) is 66.1. The number of carbonyl (C=O) groups is 11. The van der Waals surface area contributed by atoms with Gasteiger partial charge in [0, 0.05) is 81.4 Å². The SMILES string of the molecule is CC(C)C[C@H](NC(=O)[C@@H](Cc1cccnc1)NC(=O)[C@H](Cc1ccc(O)cc1)NC(=O)[C@H](CO)NC(=O)[C@@H](Cc1cccnc1)NC(=O)[C@H](Cc1cnc[nH]1)NC(=O)[C@@H]1CCC(=O)N1)C(=O)N[C@@H](CCCCNC(C)C)C(=O)N1CCC[C@H]1C(=O)N[C@H](C)C(N)=O. The van der Waals surface area contributed by atoms with Crippen molar-refractivity contribution >= 4 is 65.0 Å². The number of primary amides is 1. The molecule has 2 fully saturated rings. The number of nitrogens with one attached hydrogen (secondary N) is 11. The summed E-state index contributed by atoms with van der Waals surface area (Å²) in [4.78, 5) is 169. The van der Waals surface area contributed by atoms with E-state index < -0.39 is 126 Å². The average Bonchev–Trinajstić information content (AvgIpc) is 2.04. The minimum absolute atomic E-state index is 0.0638. The maximum atomic E-state index is 14.9. The minimum Gasteiger partial charge on any atom is -0.508 e. The van der Waals surface area contributed by atoms with Gasteiger partial charge < -0.3 is 79.0 Å². The molecule has 0 spiro atoms. The van der Waals surface area contributed by atoms with E-state index in [9.17, 15) is 63.0 Å². The normalized spacial score (nSPS) is 17.2. The van der Waals surface area contributed by atoms with Crippen molar-refractivity contribution in [1.82, 2.24) is 78.0 Å². The van der Waals surface area contributed by atoms with E-state index in [1.807, 2.05) is 27.7 Å². The van der Waals surface area contributed by atoms with Crippen molar-refractivity contribution in [1.29, 1.82) is 0 Å². The molecule has 0 saturated carbocycles. The molecule has 15 N–H and O–H groups in total. The van der Waals surface area contributed by atoms with Crippen LogP contribution in [0, 0.1) is 5.92 Å². The Labute approximate surface area is 527 Å². The number of aromatic hydroxyl groups is 1. The van der Waals surface area contributed by atoms with Crippen molar-refractivity contribution in [3.05, 3.63) is 108 Å². The van der Waals surface area contributed by atoms with Gasteiger partial charge >= 0.3 is 0 Å². The van der Waals surface area contributed by atoms with Crippen molar-refractivity contribution in [2.75, 3.05) is 19.7 Å². The number of hydrogen-bond donors (Lipinski definition) is 14. The number of hydrogen-bond acceptors (Lipinski definition) is 17. The Morgan fingerprint density at radius 1 is 0.615 bits per heavy atom. The molecule has 6 rings (SSSR count). The summed E-state index contributed by atoms with van der Waals surface area (Å²) in [6.45, 7) is 8.87. The summed E-state index contributed by atoms with van der Waals surface area (Å²) in [7, 11) is 0. The molecular weight excluding hydrogens is 1180 g/mol. The van der Waals surface area contributed by atoms with Gasteiger partial charge in [-0.2, -0.15) is 0 Å². The Morgan fingerprint density at radius 3 is 1.66 bits per heavy atom. The van der Waals surface area contributed by atoms with E-state index >= 15 is 0 Å². The van der Waals surface area contributed by atoms with Crippen LogP contribution < -0.4 is 58.9 Å². The third-order valence-electron chi connectivity index (χ3n) is 15.4. The van der Waals surface area contributed by atoms with Crippen LogP contribution in [0.25, 0.3) is 0 Å². The third kappa shape index (κ3) is 22.6. The number of pyridine rings is 2. The molecule has 10 atom stereocenters. The second-order valence-corrected chi connectivity index (χ2v) is 23.6. The van der Waals surface area contributed by atoms with E-state index in [0.29, 0.717) is 54.6 Å². The number of imidazole rings is 1. The molecule has 0 bridgehead atoms. The molecule has 0 radical (unpaired) electrons. The number of aromatic nitrogens is 4. The summed E-state index contributed by atoms with van der Waals surface area (Å²) in [5.41, 5.74) is 7.22. The third-order valence-corrected chi connectivity index (χ3v) is 15.4. The molecule has 29 heteroatoms. The van der Waals surface area contributed by atoms with Gasteiger partial charge in [-0.15, -0.1) is 0 Å². The van der Waals surface area contributed by atoms with E-state index in [0.717, 1.165) is 0 Å². The first kappa shape index (κ1) is 70.7. The van der Waals surface area contributed by atoms with Gasteiger partial charge in [0.05, 0.1) is 12.9 Å². The zero-order valence-corrected chi connectivity index (χ0v) is 51.9. The van der Waals surface area contributed by atoms with E-state index in [1.54, 1.807) is 24.3 Å². The molecule has 0 aliphatic carbocycles. The van der Waals surface area contributed by atoms with Crippen LogP contribution in [0.3, 0.4) is 0 Å². The van der Waals surface area contributed by atoms with Crippen molar-refractivity contribution in [2.24, 2.45) is 11.7 Å². The van der Waals surface area contributed by atoms with Crippen LogP contribution in [-0.2, 0) is 78.4 Å². The fraction of sp³-hybridized carbons (Fsp3) is 0.516. The predicted octanol–water partition coefficient (Wildman–Crippen LogP) is -1.96. The highest BCUT2D eigenvalue weighted by Gasteiger charge is 2.40. The molecule has 2 aliphatic heterocycles. The van der Waals surface area contributed by atoms with Crippen LogP contribution in [0.1, 0.15) is 108 Å². The number of benzene rings is 1. The van der Waals surface area contributed by atoms with Gasteiger partial charge in [0.1, 0.15) is 66.2 Å². The first-order valence-electron chi connectivity index (χ1n) is 30.7. The van der Waals surface area contributed by atoms with Crippen molar-refractivity contribution < 1.29 is 63.0 Å². The number of rotatable bonds is 35. The van der Waals surface area contributed by atoms with Gasteiger partial charge in [0.25, 0.3) is 0 Å². The lowest BCUT2D eigenvalue weighted by Crippen LogP contribution is -2.61. The van der Waals surface area contributed by atoms with Gasteiger partial charge in [-0.1, -0.05) is 52.0 Å². The van der Waals surface area contributed by atoms with Crippen LogP contribution in [-0.4, -0.2) is 186 Å². The predicted molar refractivity (Wildman–Crippen MR) is 330 cm³/mol. The first-order chi connectivity index (χ1) is 43.5. The van der Waals surface area contributed by atoms with E-state index in [2.05, 4.69) is 73.1 Å². The minimum atomic E-state index is -1.78. The van der Waals surface area contributed by atoms with Crippen LogP contribution in [0.2, 0.25) is 0 Å². The Hall–Kier alpha value is -9.38. The standard InChI is InChI=1S/C62H86N16O13/c1-35(2)25-45(55(84)71-44(13-6-7-23-67-36(3)4)62(91)78-24-10-14-51(78)61(90)69-37(5)53(63)82)72-57(86)47(27-39-11-8-21-64-30-39)73-56(85)46(26-38-15-17-42(80)18-16-38)75-60(89)50(33-79)77-58(87)48(28-40-12-9-22-65-31-40)74-59(88)49(29-41-32-66-34-68-41)76-54(83)43-19-20-52(81)70-43/h8-9,11-12,15-18,21-22,30-32,34-37,43-51,67,79-80H,6-7,10,13-14,19-20,23-29,33H2,1-5H3,(H2,63,82)(H,66,68)(H,69,90)(H,70,81)(H,71,84)(H,72,86)(H,73,85)(H,74,88)(H,75,89)(H,76,83)(H,77,87)/t37-,43+,44+,45+,46+,47-,48-,49+,50+,51+/m1/s1. The molecule has 492 valence electrons. The van der Waals surface area contributed by atoms with Gasteiger partial charge in [0.15, 0.2) is 0 Å².